The van der Waals surface area contributed by atoms with E-state index >= 15 is 0 Å². The number of hydrogen-bond donors (Lipinski definition) is 1. The van der Waals surface area contributed by atoms with Crippen molar-refractivity contribution >= 4 is 11.4 Å². The Hall–Kier alpha value is -1.25. The summed E-state index contributed by atoms with van der Waals surface area (Å²) in [5.41, 5.74) is 7.99. The first-order valence-electron chi connectivity index (χ1n) is 6.29. The van der Waals surface area contributed by atoms with Gasteiger partial charge in [0.15, 0.2) is 0 Å². The predicted molar refractivity (Wildman–Crippen MR) is 68.5 cm³/mol. The molecule has 1 aromatic rings. The zero-order chi connectivity index (χ0) is 11.4. The van der Waals surface area contributed by atoms with Crippen LogP contribution in [0, 0.1) is 0 Å². The molecule has 0 bridgehead atoms. The molecule has 2 heterocycles. The van der Waals surface area contributed by atoms with Crippen LogP contribution in [0.3, 0.4) is 0 Å². The summed E-state index contributed by atoms with van der Waals surface area (Å²) in [4.78, 5) is 6.54. The SMILES string of the molecule is CCC1CCCCCN1c1ccncc1N. The molecule has 2 rings (SSSR count). The largest absolute Gasteiger partial charge is 0.396 e. The molecule has 0 radical (unpaired) electrons. The van der Waals surface area contributed by atoms with E-state index in [2.05, 4.69) is 16.8 Å². The summed E-state index contributed by atoms with van der Waals surface area (Å²) in [5, 5.41) is 0. The van der Waals surface area contributed by atoms with E-state index in [4.69, 9.17) is 5.73 Å². The highest BCUT2D eigenvalue weighted by atomic mass is 15.2. The molecule has 0 saturated carbocycles. The molecule has 1 aliphatic heterocycles. The quantitative estimate of drug-likeness (QED) is 0.831. The predicted octanol–water partition coefficient (Wildman–Crippen LogP) is 2.82. The molecular formula is C13H21N3. The van der Waals surface area contributed by atoms with Gasteiger partial charge >= 0.3 is 0 Å². The van der Waals surface area contributed by atoms with Crippen LogP contribution in [-0.4, -0.2) is 17.6 Å². The first-order chi connectivity index (χ1) is 7.83. The zero-order valence-electron chi connectivity index (χ0n) is 10.0. The van der Waals surface area contributed by atoms with Crippen LogP contribution in [0.2, 0.25) is 0 Å². The highest BCUT2D eigenvalue weighted by molar-refractivity contribution is 5.66. The molecule has 2 N–H and O–H groups in total. The van der Waals surface area contributed by atoms with Crippen LogP contribution < -0.4 is 10.6 Å². The van der Waals surface area contributed by atoms with Crippen LogP contribution in [0.1, 0.15) is 39.0 Å². The second-order valence-corrected chi connectivity index (χ2v) is 4.54. The van der Waals surface area contributed by atoms with Gasteiger partial charge in [-0.25, -0.2) is 0 Å². The first kappa shape index (κ1) is 11.2. The van der Waals surface area contributed by atoms with Crippen molar-refractivity contribution < 1.29 is 0 Å². The molecule has 1 unspecified atom stereocenters. The molecule has 0 aliphatic carbocycles. The summed E-state index contributed by atoms with van der Waals surface area (Å²) in [6.45, 7) is 3.40. The third kappa shape index (κ3) is 2.29. The molecule has 0 spiro atoms. The number of pyridine rings is 1. The molecule has 0 aromatic carbocycles. The van der Waals surface area contributed by atoms with Gasteiger partial charge in [-0.05, 0) is 25.3 Å². The average molecular weight is 219 g/mol. The number of nitrogens with zero attached hydrogens (tertiary/aromatic N) is 2. The number of nitrogens with two attached hydrogens (primary N) is 1. The van der Waals surface area contributed by atoms with Crippen LogP contribution >= 0.6 is 0 Å². The normalized spacial score (nSPS) is 21.8. The monoisotopic (exact) mass is 219 g/mol. The van der Waals surface area contributed by atoms with Crippen LogP contribution in [-0.2, 0) is 0 Å². The second kappa shape index (κ2) is 5.19. The fourth-order valence-corrected chi connectivity index (χ4v) is 2.58. The van der Waals surface area contributed by atoms with Crippen molar-refractivity contribution in [2.45, 2.75) is 45.1 Å². The third-order valence-electron chi connectivity index (χ3n) is 3.49. The Morgan fingerprint density at radius 3 is 3.06 bits per heavy atom. The summed E-state index contributed by atoms with van der Waals surface area (Å²) in [5.74, 6) is 0. The molecule has 16 heavy (non-hydrogen) atoms. The van der Waals surface area contributed by atoms with Gasteiger partial charge in [-0.1, -0.05) is 19.8 Å². The van der Waals surface area contributed by atoms with E-state index < -0.39 is 0 Å². The fraction of sp³-hybridized carbons (Fsp3) is 0.615. The van der Waals surface area contributed by atoms with Gasteiger partial charge in [-0.3, -0.25) is 4.98 Å². The highest BCUT2D eigenvalue weighted by Crippen LogP contribution is 2.29. The number of rotatable bonds is 2. The summed E-state index contributed by atoms with van der Waals surface area (Å²) >= 11 is 0. The van der Waals surface area contributed by atoms with E-state index in [9.17, 15) is 0 Å². The van der Waals surface area contributed by atoms with E-state index in [-0.39, 0.29) is 0 Å². The van der Waals surface area contributed by atoms with Gasteiger partial charge in [0, 0.05) is 18.8 Å². The maximum absolute atomic E-state index is 6.02. The van der Waals surface area contributed by atoms with Crippen molar-refractivity contribution in [3.8, 4) is 0 Å². The summed E-state index contributed by atoms with van der Waals surface area (Å²) < 4.78 is 0. The minimum Gasteiger partial charge on any atom is -0.396 e. The molecule has 3 heteroatoms. The number of aromatic nitrogens is 1. The minimum absolute atomic E-state index is 0.646. The van der Waals surface area contributed by atoms with Gasteiger partial charge in [0.2, 0.25) is 0 Å². The molecule has 1 atom stereocenters. The van der Waals surface area contributed by atoms with Crippen molar-refractivity contribution in [2.75, 3.05) is 17.2 Å². The van der Waals surface area contributed by atoms with Gasteiger partial charge in [0.1, 0.15) is 0 Å². The van der Waals surface area contributed by atoms with Gasteiger partial charge in [0.05, 0.1) is 17.6 Å². The minimum atomic E-state index is 0.646. The molecule has 88 valence electrons. The maximum Gasteiger partial charge on any atom is 0.0738 e. The standard InChI is InChI=1S/C13H21N3/c1-2-11-6-4-3-5-9-16(11)13-7-8-15-10-12(13)14/h7-8,10-11H,2-6,9,14H2,1H3. The summed E-state index contributed by atoms with van der Waals surface area (Å²) in [6, 6.07) is 2.69. The Bertz CT molecular complexity index is 338. The second-order valence-electron chi connectivity index (χ2n) is 4.54. The van der Waals surface area contributed by atoms with Crippen molar-refractivity contribution in [3.05, 3.63) is 18.5 Å². The molecular weight excluding hydrogens is 198 g/mol. The van der Waals surface area contributed by atoms with Gasteiger partial charge in [-0.15, -0.1) is 0 Å². The number of nitrogen functional groups attached to an aromatic ring is 1. The number of anilines is 2. The van der Waals surface area contributed by atoms with E-state index in [1.165, 1.54) is 37.8 Å². The van der Waals surface area contributed by atoms with Crippen LogP contribution in [0.25, 0.3) is 0 Å². The molecule has 1 aliphatic rings. The van der Waals surface area contributed by atoms with Crippen LogP contribution in [0.15, 0.2) is 18.5 Å². The zero-order valence-corrected chi connectivity index (χ0v) is 10.0. The Morgan fingerprint density at radius 1 is 1.44 bits per heavy atom. The topological polar surface area (TPSA) is 42.2 Å². The molecule has 0 amide bonds. The van der Waals surface area contributed by atoms with Crippen LogP contribution in [0.4, 0.5) is 11.4 Å². The van der Waals surface area contributed by atoms with E-state index in [1.807, 2.05) is 12.3 Å². The fourth-order valence-electron chi connectivity index (χ4n) is 2.58. The Kier molecular flexibility index (Phi) is 3.65. The maximum atomic E-state index is 6.02. The van der Waals surface area contributed by atoms with E-state index in [0.717, 1.165) is 12.2 Å². The summed E-state index contributed by atoms with van der Waals surface area (Å²) in [6.07, 6.45) is 10.0. The van der Waals surface area contributed by atoms with Crippen molar-refractivity contribution in [3.63, 3.8) is 0 Å². The lowest BCUT2D eigenvalue weighted by atomic mass is 10.1. The molecule has 1 aromatic heterocycles. The van der Waals surface area contributed by atoms with Crippen molar-refractivity contribution in [1.29, 1.82) is 0 Å². The van der Waals surface area contributed by atoms with Crippen molar-refractivity contribution in [1.82, 2.24) is 4.98 Å². The Morgan fingerprint density at radius 2 is 2.31 bits per heavy atom. The highest BCUT2D eigenvalue weighted by Gasteiger charge is 2.20. The summed E-state index contributed by atoms with van der Waals surface area (Å²) in [7, 11) is 0. The average Bonchev–Trinajstić information content (AvgIpc) is 2.54. The van der Waals surface area contributed by atoms with Gasteiger partial charge in [-0.2, -0.15) is 0 Å². The molecule has 3 nitrogen and oxygen atoms in total. The van der Waals surface area contributed by atoms with E-state index in [0.29, 0.717) is 6.04 Å². The number of hydrogen-bond acceptors (Lipinski definition) is 3. The molecule has 1 fully saturated rings. The van der Waals surface area contributed by atoms with Gasteiger partial charge < -0.3 is 10.6 Å². The lowest BCUT2D eigenvalue weighted by Gasteiger charge is -2.32. The van der Waals surface area contributed by atoms with E-state index in [1.54, 1.807) is 6.20 Å². The smallest absolute Gasteiger partial charge is 0.0738 e. The first-order valence-corrected chi connectivity index (χ1v) is 6.29. The lowest BCUT2D eigenvalue weighted by molar-refractivity contribution is 0.556. The Balaban J connectivity index is 2.25. The van der Waals surface area contributed by atoms with Gasteiger partial charge in [0.25, 0.3) is 0 Å². The van der Waals surface area contributed by atoms with Crippen LogP contribution in [0.5, 0.6) is 0 Å². The van der Waals surface area contributed by atoms with Crippen molar-refractivity contribution in [2.24, 2.45) is 0 Å². The lowest BCUT2D eigenvalue weighted by Crippen LogP contribution is -2.34. The molecule has 1 saturated heterocycles. The third-order valence-corrected chi connectivity index (χ3v) is 3.49. The Labute approximate surface area is 97.7 Å².